The van der Waals surface area contributed by atoms with Crippen LogP contribution in [0.25, 0.3) is 22.1 Å². The number of piperidine rings is 1. The Hall–Kier alpha value is -2.38. The number of rotatable bonds is 3. The Bertz CT molecular complexity index is 1030. The first kappa shape index (κ1) is 19.4. The van der Waals surface area contributed by atoms with Gasteiger partial charge in [0.15, 0.2) is 0 Å². The zero-order valence-corrected chi connectivity index (χ0v) is 15.9. The molecule has 0 aliphatic carbocycles. The van der Waals surface area contributed by atoms with E-state index < -0.39 is 0 Å². The standard InChI is InChI=1S/C19H22N4O3.ClH/c1-12(20)13-5-4-8-22(9-13)16(24)10-23-11-21-17-14-6-2-3-7-15(14)26-18(17)19(23)25;/h2-3,6-7,11-13H,4-5,8-10,20H2,1H3;1H. The van der Waals surface area contributed by atoms with Gasteiger partial charge >= 0.3 is 0 Å². The molecule has 27 heavy (non-hydrogen) atoms. The molecule has 3 heterocycles. The molecule has 2 unspecified atom stereocenters. The van der Waals surface area contributed by atoms with E-state index in [9.17, 15) is 9.59 Å². The second kappa shape index (κ2) is 7.70. The minimum atomic E-state index is -0.333. The summed E-state index contributed by atoms with van der Waals surface area (Å²) >= 11 is 0. The van der Waals surface area contributed by atoms with E-state index in [1.165, 1.54) is 10.9 Å². The van der Waals surface area contributed by atoms with Crippen LogP contribution in [0.5, 0.6) is 0 Å². The van der Waals surface area contributed by atoms with Gasteiger partial charge in [0.1, 0.15) is 17.6 Å². The minimum absolute atomic E-state index is 0. The summed E-state index contributed by atoms with van der Waals surface area (Å²) in [5.41, 5.74) is 6.99. The molecule has 7 nitrogen and oxygen atoms in total. The van der Waals surface area contributed by atoms with Crippen LogP contribution < -0.4 is 11.3 Å². The molecule has 2 aromatic heterocycles. The molecule has 0 spiro atoms. The van der Waals surface area contributed by atoms with E-state index in [0.717, 1.165) is 18.2 Å². The lowest BCUT2D eigenvalue weighted by molar-refractivity contribution is -0.133. The third-order valence-electron chi connectivity index (χ3n) is 5.21. The van der Waals surface area contributed by atoms with Gasteiger partial charge in [0.2, 0.25) is 11.5 Å². The van der Waals surface area contributed by atoms with Crippen LogP contribution in [0.2, 0.25) is 0 Å². The van der Waals surface area contributed by atoms with Gasteiger partial charge in [0.05, 0.1) is 6.33 Å². The average Bonchev–Trinajstić information content (AvgIpc) is 3.03. The van der Waals surface area contributed by atoms with Crippen molar-refractivity contribution in [3.8, 4) is 0 Å². The zero-order valence-electron chi connectivity index (χ0n) is 15.1. The number of nitrogens with zero attached hydrogens (tertiary/aromatic N) is 3. The number of para-hydroxylation sites is 1. The van der Waals surface area contributed by atoms with Crippen LogP contribution in [0.4, 0.5) is 0 Å². The number of halogens is 1. The summed E-state index contributed by atoms with van der Waals surface area (Å²) in [5, 5.41) is 0.800. The number of carbonyl (C=O) groups is 1. The number of hydrogen-bond donors (Lipinski definition) is 1. The summed E-state index contributed by atoms with van der Waals surface area (Å²) < 4.78 is 6.98. The number of furan rings is 1. The van der Waals surface area contributed by atoms with Gasteiger partial charge in [-0.2, -0.15) is 0 Å². The second-order valence-corrected chi connectivity index (χ2v) is 7.05. The van der Waals surface area contributed by atoms with Crippen LogP contribution in [0.3, 0.4) is 0 Å². The predicted octanol–water partition coefficient (Wildman–Crippen LogP) is 2.15. The third kappa shape index (κ3) is 3.57. The van der Waals surface area contributed by atoms with Crippen LogP contribution in [0.1, 0.15) is 19.8 Å². The molecule has 3 aromatic rings. The maximum atomic E-state index is 12.7. The van der Waals surface area contributed by atoms with Gasteiger partial charge in [-0.1, -0.05) is 12.1 Å². The topological polar surface area (TPSA) is 94.4 Å². The molecule has 144 valence electrons. The number of aromatic nitrogens is 2. The van der Waals surface area contributed by atoms with E-state index in [4.69, 9.17) is 10.2 Å². The van der Waals surface area contributed by atoms with E-state index in [2.05, 4.69) is 4.98 Å². The number of amides is 1. The zero-order chi connectivity index (χ0) is 18.3. The molecular weight excluding hydrogens is 368 g/mol. The monoisotopic (exact) mass is 390 g/mol. The van der Waals surface area contributed by atoms with E-state index in [1.54, 1.807) is 11.0 Å². The Kier molecular flexibility index (Phi) is 5.53. The van der Waals surface area contributed by atoms with Crippen molar-refractivity contribution in [2.24, 2.45) is 11.7 Å². The number of fused-ring (bicyclic) bond motifs is 3. The highest BCUT2D eigenvalue weighted by molar-refractivity contribution is 6.01. The summed E-state index contributed by atoms with van der Waals surface area (Å²) in [4.78, 5) is 31.5. The number of hydrogen-bond acceptors (Lipinski definition) is 5. The van der Waals surface area contributed by atoms with Crippen molar-refractivity contribution >= 4 is 40.4 Å². The molecule has 1 amide bonds. The van der Waals surface area contributed by atoms with Crippen LogP contribution in [0.15, 0.2) is 39.8 Å². The smallest absolute Gasteiger partial charge is 0.297 e. The fourth-order valence-corrected chi connectivity index (χ4v) is 3.64. The summed E-state index contributed by atoms with van der Waals surface area (Å²) in [6.45, 7) is 3.29. The highest BCUT2D eigenvalue weighted by atomic mass is 35.5. The van der Waals surface area contributed by atoms with Crippen molar-refractivity contribution in [3.63, 3.8) is 0 Å². The van der Waals surface area contributed by atoms with Crippen molar-refractivity contribution in [1.82, 2.24) is 14.5 Å². The Labute approximate surface area is 162 Å². The number of benzene rings is 1. The maximum absolute atomic E-state index is 12.7. The van der Waals surface area contributed by atoms with Crippen molar-refractivity contribution < 1.29 is 9.21 Å². The number of carbonyl (C=O) groups excluding carboxylic acids is 1. The maximum Gasteiger partial charge on any atom is 0.297 e. The summed E-state index contributed by atoms with van der Waals surface area (Å²) in [5.74, 6) is 0.218. The van der Waals surface area contributed by atoms with Crippen molar-refractivity contribution in [2.45, 2.75) is 32.4 Å². The minimum Gasteiger partial charge on any atom is -0.448 e. The quantitative estimate of drug-likeness (QED) is 0.739. The van der Waals surface area contributed by atoms with E-state index in [1.807, 2.05) is 25.1 Å². The van der Waals surface area contributed by atoms with Crippen LogP contribution in [0, 0.1) is 5.92 Å². The third-order valence-corrected chi connectivity index (χ3v) is 5.21. The summed E-state index contributed by atoms with van der Waals surface area (Å²) in [7, 11) is 0. The van der Waals surface area contributed by atoms with Crippen molar-refractivity contribution in [1.29, 1.82) is 0 Å². The molecule has 2 atom stereocenters. The molecule has 1 fully saturated rings. The van der Waals surface area contributed by atoms with Gasteiger partial charge in [-0.05, 0) is 37.8 Å². The van der Waals surface area contributed by atoms with Crippen LogP contribution in [-0.2, 0) is 11.3 Å². The first-order valence-corrected chi connectivity index (χ1v) is 8.94. The Morgan fingerprint density at radius 2 is 2.19 bits per heavy atom. The molecule has 1 aliphatic rings. The lowest BCUT2D eigenvalue weighted by atomic mass is 9.92. The highest BCUT2D eigenvalue weighted by Gasteiger charge is 2.26. The molecular formula is C19H23ClN4O3. The lowest BCUT2D eigenvalue weighted by Crippen LogP contribution is -2.46. The Morgan fingerprint density at radius 1 is 1.41 bits per heavy atom. The van der Waals surface area contributed by atoms with E-state index in [-0.39, 0.29) is 42.0 Å². The molecule has 1 aromatic carbocycles. The molecule has 1 aliphatic heterocycles. The summed E-state index contributed by atoms with van der Waals surface area (Å²) in [6.07, 6.45) is 3.40. The van der Waals surface area contributed by atoms with Crippen molar-refractivity contribution in [3.05, 3.63) is 40.9 Å². The van der Waals surface area contributed by atoms with E-state index in [0.29, 0.717) is 30.1 Å². The average molecular weight is 391 g/mol. The molecule has 4 rings (SSSR count). The largest absolute Gasteiger partial charge is 0.448 e. The predicted molar refractivity (Wildman–Crippen MR) is 106 cm³/mol. The molecule has 0 saturated carbocycles. The van der Waals surface area contributed by atoms with E-state index >= 15 is 0 Å². The van der Waals surface area contributed by atoms with Gasteiger partial charge in [0.25, 0.3) is 5.56 Å². The normalized spacial score (nSPS) is 18.4. The van der Waals surface area contributed by atoms with Crippen molar-refractivity contribution in [2.75, 3.05) is 13.1 Å². The fraction of sp³-hybridized carbons (Fsp3) is 0.421. The Balaban J connectivity index is 0.00000210. The lowest BCUT2D eigenvalue weighted by Gasteiger charge is -2.34. The first-order chi connectivity index (χ1) is 12.5. The van der Waals surface area contributed by atoms with Gasteiger partial charge in [-0.3, -0.25) is 14.2 Å². The molecule has 0 radical (unpaired) electrons. The van der Waals surface area contributed by atoms with Crippen LogP contribution >= 0.6 is 12.4 Å². The Morgan fingerprint density at radius 3 is 2.96 bits per heavy atom. The molecule has 0 bridgehead atoms. The summed E-state index contributed by atoms with van der Waals surface area (Å²) in [6, 6.07) is 7.44. The van der Waals surface area contributed by atoms with Crippen LogP contribution in [-0.4, -0.2) is 39.5 Å². The highest BCUT2D eigenvalue weighted by Crippen LogP contribution is 2.24. The SMILES string of the molecule is CC(N)C1CCCN(C(=O)Cn2cnc3c(oc4ccccc43)c2=O)C1.Cl. The first-order valence-electron chi connectivity index (χ1n) is 8.94. The second-order valence-electron chi connectivity index (χ2n) is 7.05. The molecule has 1 saturated heterocycles. The van der Waals surface area contributed by atoms with Gasteiger partial charge in [-0.15, -0.1) is 12.4 Å². The van der Waals surface area contributed by atoms with Gasteiger partial charge < -0.3 is 15.1 Å². The number of nitrogens with two attached hydrogens (primary N) is 1. The molecule has 8 heteroatoms. The van der Waals surface area contributed by atoms with Gasteiger partial charge in [-0.25, -0.2) is 4.98 Å². The van der Waals surface area contributed by atoms with Gasteiger partial charge in [0, 0.05) is 24.5 Å². The fourth-order valence-electron chi connectivity index (χ4n) is 3.64. The number of likely N-dealkylation sites (tertiary alicyclic amines) is 1. The molecule has 2 N–H and O–H groups in total.